The van der Waals surface area contributed by atoms with Gasteiger partial charge in [-0.05, 0) is 31.2 Å². The summed E-state index contributed by atoms with van der Waals surface area (Å²) in [5, 5.41) is 10.9. The van der Waals surface area contributed by atoms with Crippen LogP contribution in [0, 0.1) is 12.7 Å². The van der Waals surface area contributed by atoms with Crippen molar-refractivity contribution in [3.05, 3.63) is 106 Å². The molecule has 8 heteroatoms. The van der Waals surface area contributed by atoms with Crippen LogP contribution in [-0.2, 0) is 15.8 Å². The number of ketones is 1. The Morgan fingerprint density at radius 1 is 0.939 bits per heavy atom. The summed E-state index contributed by atoms with van der Waals surface area (Å²) in [6, 6.07) is 14.1. The second kappa shape index (κ2) is 8.20. The first-order valence-corrected chi connectivity index (χ1v) is 9.89. The van der Waals surface area contributed by atoms with Gasteiger partial charge in [0.05, 0.1) is 17.2 Å². The molecule has 0 spiro atoms. The lowest BCUT2D eigenvalue weighted by Gasteiger charge is -2.26. The van der Waals surface area contributed by atoms with Crippen molar-refractivity contribution in [3.8, 4) is 0 Å². The zero-order valence-electron chi connectivity index (χ0n) is 17.2. The molecule has 1 aliphatic heterocycles. The van der Waals surface area contributed by atoms with Crippen LogP contribution in [0.3, 0.4) is 0 Å². The van der Waals surface area contributed by atoms with Gasteiger partial charge in [0.1, 0.15) is 11.6 Å². The number of aliphatic hydroxyl groups excluding tert-OH is 1. The standard InChI is InChI=1S/C25H17F4NO3/c1-14-9-11-15(12-10-14)22(31)20-21(18-7-2-3-8-19(18)26)30(24(33)23(20)32)17-6-4-5-16(13-17)25(27,28)29/h2-13,21,31H,1H3/b22-20+/t21-/m1/s1. The van der Waals surface area contributed by atoms with Crippen molar-refractivity contribution in [1.29, 1.82) is 0 Å². The molecular formula is C25H17F4NO3. The summed E-state index contributed by atoms with van der Waals surface area (Å²) >= 11 is 0. The molecule has 1 amide bonds. The second-order valence-corrected chi connectivity index (χ2v) is 7.60. The number of hydrogen-bond donors (Lipinski definition) is 1. The number of benzene rings is 3. The highest BCUT2D eigenvalue weighted by atomic mass is 19.4. The molecule has 0 aliphatic carbocycles. The van der Waals surface area contributed by atoms with Crippen molar-refractivity contribution in [3.63, 3.8) is 0 Å². The number of rotatable bonds is 3. The summed E-state index contributed by atoms with van der Waals surface area (Å²) in [5.41, 5.74) is -0.740. The highest BCUT2D eigenvalue weighted by molar-refractivity contribution is 6.51. The number of carbonyl (C=O) groups excluding carboxylic acids is 2. The van der Waals surface area contributed by atoms with Crippen LogP contribution < -0.4 is 4.90 Å². The molecule has 168 valence electrons. The molecule has 4 rings (SSSR count). The first kappa shape index (κ1) is 22.3. The molecule has 0 aromatic heterocycles. The summed E-state index contributed by atoms with van der Waals surface area (Å²) in [7, 11) is 0. The zero-order chi connectivity index (χ0) is 23.9. The minimum Gasteiger partial charge on any atom is -0.507 e. The average molecular weight is 455 g/mol. The summed E-state index contributed by atoms with van der Waals surface area (Å²) in [6.07, 6.45) is -4.70. The summed E-state index contributed by atoms with van der Waals surface area (Å²) in [5.74, 6) is -3.62. The van der Waals surface area contributed by atoms with E-state index in [1.165, 1.54) is 36.4 Å². The van der Waals surface area contributed by atoms with E-state index in [-0.39, 0.29) is 16.8 Å². The highest BCUT2D eigenvalue weighted by Crippen LogP contribution is 2.44. The molecule has 1 aliphatic rings. The monoisotopic (exact) mass is 455 g/mol. The van der Waals surface area contributed by atoms with Crippen LogP contribution in [0.25, 0.3) is 5.76 Å². The molecule has 4 nitrogen and oxygen atoms in total. The van der Waals surface area contributed by atoms with Crippen molar-refractivity contribution >= 4 is 23.1 Å². The van der Waals surface area contributed by atoms with Gasteiger partial charge in [0.15, 0.2) is 0 Å². The van der Waals surface area contributed by atoms with E-state index in [9.17, 15) is 32.3 Å². The lowest BCUT2D eigenvalue weighted by Crippen LogP contribution is -2.30. The zero-order valence-corrected chi connectivity index (χ0v) is 17.2. The SMILES string of the molecule is Cc1ccc(/C(O)=C2\C(=O)C(=O)N(c3cccc(C(F)(F)F)c3)[C@@H]2c2ccccc2F)cc1. The molecule has 1 heterocycles. The number of halogens is 4. The van der Waals surface area contributed by atoms with Crippen molar-refractivity contribution in [2.75, 3.05) is 4.90 Å². The van der Waals surface area contributed by atoms with Crippen LogP contribution in [0.1, 0.15) is 28.3 Å². The third kappa shape index (κ3) is 4.00. The number of carbonyl (C=O) groups is 2. The fourth-order valence-electron chi connectivity index (χ4n) is 3.79. The number of nitrogens with zero attached hydrogens (tertiary/aromatic N) is 1. The van der Waals surface area contributed by atoms with Gasteiger partial charge in [0, 0.05) is 16.8 Å². The molecule has 1 fully saturated rings. The van der Waals surface area contributed by atoms with Gasteiger partial charge < -0.3 is 5.11 Å². The fourth-order valence-corrected chi connectivity index (χ4v) is 3.79. The van der Waals surface area contributed by atoms with Crippen molar-refractivity contribution < 1.29 is 32.3 Å². The Hall–Kier alpha value is -3.94. The van der Waals surface area contributed by atoms with Crippen LogP contribution in [-0.4, -0.2) is 16.8 Å². The van der Waals surface area contributed by atoms with Crippen molar-refractivity contribution in [1.82, 2.24) is 0 Å². The third-order valence-electron chi connectivity index (χ3n) is 5.42. The maximum atomic E-state index is 14.8. The Bertz CT molecular complexity index is 1280. The van der Waals surface area contributed by atoms with E-state index in [0.29, 0.717) is 6.07 Å². The van der Waals surface area contributed by atoms with Crippen LogP contribution in [0.4, 0.5) is 23.2 Å². The predicted octanol–water partition coefficient (Wildman–Crippen LogP) is 5.78. The lowest BCUT2D eigenvalue weighted by molar-refractivity contribution is -0.137. The minimum atomic E-state index is -4.70. The average Bonchev–Trinajstić information content (AvgIpc) is 3.04. The number of alkyl halides is 3. The molecule has 0 bridgehead atoms. The number of amides is 1. The van der Waals surface area contributed by atoms with Crippen molar-refractivity contribution in [2.45, 2.75) is 19.1 Å². The van der Waals surface area contributed by atoms with E-state index >= 15 is 0 Å². The van der Waals surface area contributed by atoms with E-state index in [2.05, 4.69) is 0 Å². The molecule has 1 saturated heterocycles. The van der Waals surface area contributed by atoms with Gasteiger partial charge in [0.2, 0.25) is 0 Å². The quantitative estimate of drug-likeness (QED) is 0.236. The molecule has 0 radical (unpaired) electrons. The lowest BCUT2D eigenvalue weighted by atomic mass is 9.94. The largest absolute Gasteiger partial charge is 0.507 e. The van der Waals surface area contributed by atoms with Gasteiger partial charge in [-0.2, -0.15) is 13.2 Å². The first-order chi connectivity index (χ1) is 15.6. The van der Waals surface area contributed by atoms with Gasteiger partial charge in [-0.1, -0.05) is 54.1 Å². The van der Waals surface area contributed by atoms with E-state index in [0.717, 1.165) is 28.7 Å². The Kier molecular flexibility index (Phi) is 5.53. The maximum absolute atomic E-state index is 14.8. The van der Waals surface area contributed by atoms with E-state index < -0.39 is 46.6 Å². The van der Waals surface area contributed by atoms with Crippen LogP contribution in [0.5, 0.6) is 0 Å². The van der Waals surface area contributed by atoms with Crippen LogP contribution >= 0.6 is 0 Å². The number of Topliss-reactive ketones (excluding diaryl/α,β-unsaturated/α-hetero) is 1. The Morgan fingerprint density at radius 2 is 1.61 bits per heavy atom. The highest BCUT2D eigenvalue weighted by Gasteiger charge is 2.48. The van der Waals surface area contributed by atoms with Gasteiger partial charge in [0.25, 0.3) is 11.7 Å². The smallest absolute Gasteiger partial charge is 0.416 e. The second-order valence-electron chi connectivity index (χ2n) is 7.60. The molecular weight excluding hydrogens is 438 g/mol. The van der Waals surface area contributed by atoms with Gasteiger partial charge in [-0.15, -0.1) is 0 Å². The van der Waals surface area contributed by atoms with Crippen molar-refractivity contribution in [2.24, 2.45) is 0 Å². The molecule has 1 N–H and O–H groups in total. The summed E-state index contributed by atoms with van der Waals surface area (Å²) in [4.78, 5) is 26.8. The van der Waals surface area contributed by atoms with Gasteiger partial charge in [-0.25, -0.2) is 4.39 Å². The molecule has 3 aromatic carbocycles. The maximum Gasteiger partial charge on any atom is 0.416 e. The number of anilines is 1. The summed E-state index contributed by atoms with van der Waals surface area (Å²) < 4.78 is 54.7. The molecule has 0 unspecified atom stereocenters. The number of hydrogen-bond acceptors (Lipinski definition) is 3. The van der Waals surface area contributed by atoms with Crippen LogP contribution in [0.15, 0.2) is 78.4 Å². The van der Waals surface area contributed by atoms with Gasteiger partial charge in [-0.3, -0.25) is 14.5 Å². The molecule has 33 heavy (non-hydrogen) atoms. The van der Waals surface area contributed by atoms with Crippen LogP contribution in [0.2, 0.25) is 0 Å². The normalized spacial score (nSPS) is 18.1. The van der Waals surface area contributed by atoms with Gasteiger partial charge >= 0.3 is 6.18 Å². The predicted molar refractivity (Wildman–Crippen MR) is 114 cm³/mol. The Labute approximate surface area is 186 Å². The topological polar surface area (TPSA) is 57.6 Å². The summed E-state index contributed by atoms with van der Waals surface area (Å²) in [6.45, 7) is 1.82. The number of aryl methyl sites for hydroxylation is 1. The minimum absolute atomic E-state index is 0.136. The number of aliphatic hydroxyl groups is 1. The molecule has 3 aromatic rings. The first-order valence-electron chi connectivity index (χ1n) is 9.89. The molecule has 0 saturated carbocycles. The fraction of sp³-hybridized carbons (Fsp3) is 0.120. The Balaban J connectivity index is 1.97. The van der Waals surface area contributed by atoms with E-state index in [4.69, 9.17) is 0 Å². The Morgan fingerprint density at radius 3 is 2.24 bits per heavy atom. The van der Waals surface area contributed by atoms with E-state index in [1.54, 1.807) is 12.1 Å². The molecule has 1 atom stereocenters. The third-order valence-corrected chi connectivity index (χ3v) is 5.42. The van der Waals surface area contributed by atoms with E-state index in [1.807, 2.05) is 6.92 Å².